The Morgan fingerprint density at radius 1 is 1.56 bits per heavy atom. The molecule has 16 heavy (non-hydrogen) atoms. The summed E-state index contributed by atoms with van der Waals surface area (Å²) in [6, 6.07) is 0. The zero-order valence-corrected chi connectivity index (χ0v) is 10.0. The topological polar surface area (TPSA) is 29.1 Å². The Bertz CT molecular complexity index is 368. The predicted molar refractivity (Wildman–Crippen MR) is 67.0 cm³/mol. The number of rotatable bonds is 5. The second-order valence-electron chi connectivity index (χ2n) is 4.18. The first-order valence-electron chi connectivity index (χ1n) is 5.69. The molecule has 1 rings (SSSR count). The molecule has 0 atom stereocenters. The van der Waals surface area contributed by atoms with Gasteiger partial charge in [-0.05, 0) is 18.4 Å². The van der Waals surface area contributed by atoms with Gasteiger partial charge in [0.1, 0.15) is 5.70 Å². The molecule has 0 aliphatic heterocycles. The minimum atomic E-state index is -0.0207. The third-order valence-corrected chi connectivity index (χ3v) is 2.49. The summed E-state index contributed by atoms with van der Waals surface area (Å²) in [4.78, 5) is 11.7. The van der Waals surface area contributed by atoms with Gasteiger partial charge in [-0.25, -0.2) is 0 Å². The first-order chi connectivity index (χ1) is 7.65. The van der Waals surface area contributed by atoms with Crippen molar-refractivity contribution in [2.45, 2.75) is 26.7 Å². The maximum atomic E-state index is 11.7. The number of carbonyl (C=O) groups is 1. The Kier molecular flexibility index (Phi) is 4.81. The summed E-state index contributed by atoms with van der Waals surface area (Å²) in [5.74, 6) is 0.0445. The van der Waals surface area contributed by atoms with Crippen LogP contribution in [-0.4, -0.2) is 12.3 Å². The number of Topliss-reactive ketones (excluding diaryl/α,β-unsaturated/α-hetero) is 1. The summed E-state index contributed by atoms with van der Waals surface area (Å²) in [5, 5.41) is 3.09. The molecule has 0 aromatic heterocycles. The summed E-state index contributed by atoms with van der Waals surface area (Å²) in [6.45, 7) is 7.97. The van der Waals surface area contributed by atoms with E-state index in [1.807, 2.05) is 13.8 Å². The number of carbonyl (C=O) groups excluding carboxylic acids is 1. The van der Waals surface area contributed by atoms with Crippen molar-refractivity contribution in [1.82, 2.24) is 5.32 Å². The zero-order valence-electron chi connectivity index (χ0n) is 10.0. The zero-order chi connectivity index (χ0) is 12.0. The molecule has 1 aliphatic rings. The third kappa shape index (κ3) is 3.56. The highest BCUT2D eigenvalue weighted by atomic mass is 16.1. The van der Waals surface area contributed by atoms with Gasteiger partial charge in [-0.1, -0.05) is 44.4 Å². The largest absolute Gasteiger partial charge is 0.372 e. The van der Waals surface area contributed by atoms with E-state index in [-0.39, 0.29) is 11.7 Å². The van der Waals surface area contributed by atoms with E-state index in [9.17, 15) is 4.79 Å². The number of hydrogen-bond donors (Lipinski definition) is 1. The number of nitrogens with one attached hydrogen (secondary N) is 1. The van der Waals surface area contributed by atoms with Gasteiger partial charge in [-0.2, -0.15) is 0 Å². The molecule has 0 unspecified atom stereocenters. The fourth-order valence-corrected chi connectivity index (χ4v) is 1.51. The summed E-state index contributed by atoms with van der Waals surface area (Å²) < 4.78 is 0. The van der Waals surface area contributed by atoms with Gasteiger partial charge in [-0.3, -0.25) is 4.79 Å². The van der Waals surface area contributed by atoms with Crippen molar-refractivity contribution in [1.29, 1.82) is 0 Å². The lowest BCUT2D eigenvalue weighted by molar-refractivity contribution is -0.118. The van der Waals surface area contributed by atoms with Crippen LogP contribution in [0.5, 0.6) is 0 Å². The lowest BCUT2D eigenvalue weighted by Crippen LogP contribution is -2.25. The lowest BCUT2D eigenvalue weighted by atomic mass is 10.1. The van der Waals surface area contributed by atoms with Crippen LogP contribution in [-0.2, 0) is 4.79 Å². The van der Waals surface area contributed by atoms with Crippen molar-refractivity contribution >= 4 is 5.78 Å². The minimum absolute atomic E-state index is 0.0207. The van der Waals surface area contributed by atoms with Crippen LogP contribution in [0.3, 0.4) is 0 Å². The fraction of sp³-hybridized carbons (Fsp3) is 0.429. The van der Waals surface area contributed by atoms with Crippen LogP contribution >= 0.6 is 0 Å². The van der Waals surface area contributed by atoms with Crippen molar-refractivity contribution in [2.75, 3.05) is 6.54 Å². The van der Waals surface area contributed by atoms with E-state index in [2.05, 4.69) is 35.9 Å². The lowest BCUT2D eigenvalue weighted by Gasteiger charge is -2.12. The molecule has 0 spiro atoms. The fourth-order valence-electron chi connectivity index (χ4n) is 1.51. The average molecular weight is 217 g/mol. The van der Waals surface area contributed by atoms with E-state index in [4.69, 9.17) is 0 Å². The summed E-state index contributed by atoms with van der Waals surface area (Å²) >= 11 is 0. The maximum Gasteiger partial charge on any atom is 0.189 e. The molecule has 1 N–H and O–H groups in total. The molecule has 1 aliphatic carbocycles. The van der Waals surface area contributed by atoms with Crippen LogP contribution in [0.15, 0.2) is 41.8 Å². The van der Waals surface area contributed by atoms with Crippen molar-refractivity contribution < 1.29 is 4.79 Å². The molecule has 0 heterocycles. The molecule has 0 aromatic carbocycles. The SMILES string of the molecule is C=C=C(NCC1=CCCC=C1)C(=O)C(C)C. The van der Waals surface area contributed by atoms with Crippen LogP contribution in [0, 0.1) is 5.92 Å². The second-order valence-corrected chi connectivity index (χ2v) is 4.18. The van der Waals surface area contributed by atoms with Gasteiger partial charge < -0.3 is 5.32 Å². The van der Waals surface area contributed by atoms with Gasteiger partial charge in [-0.15, -0.1) is 0 Å². The Morgan fingerprint density at radius 3 is 2.81 bits per heavy atom. The molecule has 0 aromatic rings. The van der Waals surface area contributed by atoms with Crippen LogP contribution in [0.25, 0.3) is 0 Å². The van der Waals surface area contributed by atoms with Crippen molar-refractivity contribution in [3.63, 3.8) is 0 Å². The molecule has 0 saturated heterocycles. The molecule has 0 bridgehead atoms. The van der Waals surface area contributed by atoms with Gasteiger partial charge in [0.2, 0.25) is 0 Å². The normalized spacial score (nSPS) is 14.3. The number of hydrogen-bond acceptors (Lipinski definition) is 2. The molecule has 86 valence electrons. The molecule has 0 amide bonds. The van der Waals surface area contributed by atoms with Gasteiger partial charge in [0, 0.05) is 12.5 Å². The van der Waals surface area contributed by atoms with Gasteiger partial charge in [0.05, 0.1) is 0 Å². The number of allylic oxidation sites excluding steroid dienone is 3. The van der Waals surface area contributed by atoms with Gasteiger partial charge in [0.25, 0.3) is 0 Å². The van der Waals surface area contributed by atoms with Gasteiger partial charge >= 0.3 is 0 Å². The van der Waals surface area contributed by atoms with Crippen LogP contribution in [0.1, 0.15) is 26.7 Å². The summed E-state index contributed by atoms with van der Waals surface area (Å²) in [5.41, 5.74) is 4.39. The van der Waals surface area contributed by atoms with E-state index in [0.29, 0.717) is 12.2 Å². The highest BCUT2D eigenvalue weighted by Gasteiger charge is 2.12. The Balaban J connectivity index is 2.53. The maximum absolute atomic E-state index is 11.7. The monoisotopic (exact) mass is 217 g/mol. The minimum Gasteiger partial charge on any atom is -0.372 e. The van der Waals surface area contributed by atoms with Gasteiger partial charge in [0.15, 0.2) is 5.78 Å². The number of ketones is 1. The molecule has 2 nitrogen and oxygen atoms in total. The molecule has 0 radical (unpaired) electrons. The molecular formula is C14H19NO. The van der Waals surface area contributed by atoms with Crippen LogP contribution in [0.2, 0.25) is 0 Å². The van der Waals surface area contributed by atoms with Crippen LogP contribution < -0.4 is 5.32 Å². The molecule has 0 fully saturated rings. The predicted octanol–water partition coefficient (Wildman–Crippen LogP) is 2.75. The van der Waals surface area contributed by atoms with E-state index in [1.165, 1.54) is 5.57 Å². The van der Waals surface area contributed by atoms with Crippen molar-refractivity contribution in [3.05, 3.63) is 41.8 Å². The average Bonchev–Trinajstić information content (AvgIpc) is 2.30. The summed E-state index contributed by atoms with van der Waals surface area (Å²) in [6.07, 6.45) is 8.63. The van der Waals surface area contributed by atoms with Crippen LogP contribution in [0.4, 0.5) is 0 Å². The first kappa shape index (κ1) is 12.5. The highest BCUT2D eigenvalue weighted by molar-refractivity contribution is 5.95. The van der Waals surface area contributed by atoms with E-state index < -0.39 is 0 Å². The molecule has 0 saturated carbocycles. The smallest absolute Gasteiger partial charge is 0.189 e. The van der Waals surface area contributed by atoms with E-state index in [0.717, 1.165) is 12.8 Å². The summed E-state index contributed by atoms with van der Waals surface area (Å²) in [7, 11) is 0. The van der Waals surface area contributed by atoms with Crippen molar-refractivity contribution in [3.8, 4) is 0 Å². The highest BCUT2D eigenvalue weighted by Crippen LogP contribution is 2.09. The van der Waals surface area contributed by atoms with E-state index >= 15 is 0 Å². The first-order valence-corrected chi connectivity index (χ1v) is 5.69. The quantitative estimate of drug-likeness (QED) is 0.566. The Hall–Kier alpha value is -1.53. The van der Waals surface area contributed by atoms with Crippen molar-refractivity contribution in [2.24, 2.45) is 5.92 Å². The Labute approximate surface area is 97.4 Å². The Morgan fingerprint density at radius 2 is 2.31 bits per heavy atom. The molecular weight excluding hydrogens is 198 g/mol. The standard InChI is InChI=1S/C14H19NO/c1-4-13(14(16)11(2)3)15-10-12-8-6-5-7-9-12/h6,8-9,11,15H,1,5,7,10H2,2-3H3. The second kappa shape index (κ2) is 6.14. The third-order valence-electron chi connectivity index (χ3n) is 2.49. The molecule has 2 heteroatoms. The van der Waals surface area contributed by atoms with E-state index in [1.54, 1.807) is 0 Å².